The second-order valence-electron chi connectivity index (χ2n) is 23.4. The van der Waals surface area contributed by atoms with E-state index in [1.807, 2.05) is 0 Å². The van der Waals surface area contributed by atoms with Crippen molar-refractivity contribution < 1.29 is 0 Å². The van der Waals surface area contributed by atoms with Crippen LogP contribution < -0.4 is 0 Å². The van der Waals surface area contributed by atoms with Crippen molar-refractivity contribution in [2.75, 3.05) is 34.5 Å². The summed E-state index contributed by atoms with van der Waals surface area (Å²) in [6, 6.07) is 16.3. The number of hydrogen-bond donors (Lipinski definition) is 0. The minimum absolute atomic E-state index is 1.19. The van der Waals surface area contributed by atoms with Gasteiger partial charge in [0.15, 0.2) is 0 Å². The third-order valence-corrected chi connectivity index (χ3v) is 23.4. The molecule has 0 unspecified atom stereocenters. The molecule has 0 amide bonds. The van der Waals surface area contributed by atoms with Crippen LogP contribution >= 0.6 is 70.6 Å². The zero-order chi connectivity index (χ0) is 56.1. The van der Waals surface area contributed by atoms with Crippen molar-refractivity contribution in [1.82, 2.24) is 0 Å². The van der Waals surface area contributed by atoms with E-state index in [0.717, 1.165) is 0 Å². The Hall–Kier alpha value is -0.500. The van der Waals surface area contributed by atoms with E-state index in [1.54, 1.807) is 29.4 Å². The van der Waals surface area contributed by atoms with Gasteiger partial charge in [0.2, 0.25) is 0 Å². The molecule has 4 aromatic rings. The van der Waals surface area contributed by atoms with Gasteiger partial charge < -0.3 is 0 Å². The second-order valence-corrected chi connectivity index (χ2v) is 30.3. The Kier molecular flexibility index (Phi) is 43.8. The van der Waals surface area contributed by atoms with E-state index in [-0.39, 0.29) is 0 Å². The summed E-state index contributed by atoms with van der Waals surface area (Å²) in [5, 5.41) is 9.01. The van der Waals surface area contributed by atoms with Crippen molar-refractivity contribution in [2.45, 2.75) is 334 Å². The molecule has 0 aliphatic rings. The van der Waals surface area contributed by atoms with Crippen molar-refractivity contribution in [3.63, 3.8) is 0 Å². The number of hydrogen-bond acceptors (Lipinski definition) is 6. The Labute approximate surface area is 516 Å². The average molecular weight is 1190 g/mol. The number of thioether (sulfide) groups is 6. The number of rotatable bonds is 55. The first-order valence-electron chi connectivity index (χ1n) is 34.0. The van der Waals surface area contributed by atoms with Gasteiger partial charge in [0.1, 0.15) is 0 Å². The van der Waals surface area contributed by atoms with Crippen LogP contribution in [0.1, 0.15) is 304 Å². The molecule has 79 heavy (non-hydrogen) atoms. The first-order chi connectivity index (χ1) is 39.1. The fraction of sp³-hybridized carbons (Fsp3) is 0.726. The van der Waals surface area contributed by atoms with Gasteiger partial charge >= 0.3 is 0 Å². The molecule has 0 fully saturated rings. The first-order valence-corrected chi connectivity index (χ1v) is 39.9. The van der Waals surface area contributed by atoms with Crippen molar-refractivity contribution in [1.29, 1.82) is 0 Å². The molecule has 448 valence electrons. The quantitative estimate of drug-likeness (QED) is 0.0186. The van der Waals surface area contributed by atoms with E-state index < -0.39 is 0 Å². The van der Waals surface area contributed by atoms with E-state index in [1.165, 1.54) is 337 Å². The summed E-state index contributed by atoms with van der Waals surface area (Å²) in [5.74, 6) is 7.35. The van der Waals surface area contributed by atoms with Crippen LogP contribution in [-0.2, 0) is 0 Å². The number of allylic oxidation sites excluding steroid dienone is 1. The van der Waals surface area contributed by atoms with Crippen LogP contribution in [0.2, 0.25) is 0 Å². The number of benzene rings is 4. The predicted octanol–water partition coefficient (Wildman–Crippen LogP) is 28.4. The molecule has 0 saturated carbocycles. The number of unbranched alkanes of at least 4 members (excludes halogenated alkanes) is 36. The summed E-state index contributed by atoms with van der Waals surface area (Å²) in [6.45, 7) is 15.6. The Morgan fingerprint density at radius 3 is 0.544 bits per heavy atom. The molecule has 0 aliphatic heterocycles. The molecule has 6 heteroatoms. The van der Waals surface area contributed by atoms with Crippen molar-refractivity contribution in [3.05, 3.63) is 49.1 Å². The predicted molar refractivity (Wildman–Crippen MR) is 376 cm³/mol. The third kappa shape index (κ3) is 30.4. The molecule has 0 N–H and O–H groups in total. The van der Waals surface area contributed by atoms with Crippen LogP contribution in [0.25, 0.3) is 32.3 Å². The molecule has 4 rings (SSSR count). The van der Waals surface area contributed by atoms with Crippen LogP contribution in [0, 0.1) is 0 Å². The van der Waals surface area contributed by atoms with Crippen LogP contribution in [0.15, 0.2) is 78.4 Å². The lowest BCUT2D eigenvalue weighted by Gasteiger charge is -2.20. The third-order valence-electron chi connectivity index (χ3n) is 16.2. The Morgan fingerprint density at radius 1 is 0.228 bits per heavy atom. The van der Waals surface area contributed by atoms with E-state index >= 15 is 0 Å². The Balaban J connectivity index is 1.79. The van der Waals surface area contributed by atoms with Gasteiger partial charge in [-0.2, -0.15) is 0 Å². The standard InChI is InChI=1S/C73H120S6/c1-7-13-19-25-31-32-33-34-35-36-37-43-49-55-79-73-61-67-65-59-71(77-53-47-41-29-23-17-11-5)69(75-51-45-39-27-21-15-9-3)57-63(65)62-56-68(74-50-44-38-26-20-14-8-2)70(76-52-46-40-28-22-16-10-4)58-64(62)66(67)60-72(73)78-54-48-42-30-24-18-12-6/h7,56-61H,1,8-55H2,2-6H3. The fourth-order valence-corrected chi connectivity index (χ4v) is 18.1. The van der Waals surface area contributed by atoms with Gasteiger partial charge in [0.05, 0.1) is 0 Å². The van der Waals surface area contributed by atoms with E-state index in [9.17, 15) is 0 Å². The van der Waals surface area contributed by atoms with E-state index in [0.29, 0.717) is 0 Å². The van der Waals surface area contributed by atoms with Crippen LogP contribution in [0.3, 0.4) is 0 Å². The maximum absolute atomic E-state index is 3.89. The highest BCUT2D eigenvalue weighted by Gasteiger charge is 2.19. The van der Waals surface area contributed by atoms with Crippen molar-refractivity contribution >= 4 is 103 Å². The lowest BCUT2D eigenvalue weighted by Crippen LogP contribution is -1.94. The van der Waals surface area contributed by atoms with Gasteiger partial charge in [-0.3, -0.25) is 0 Å². The highest BCUT2D eigenvalue weighted by molar-refractivity contribution is 8.03. The van der Waals surface area contributed by atoms with Crippen LogP contribution in [-0.4, -0.2) is 34.5 Å². The summed E-state index contributed by atoms with van der Waals surface area (Å²) in [5.41, 5.74) is 0. The second kappa shape index (κ2) is 48.7. The molecule has 0 saturated heterocycles. The average Bonchev–Trinajstić information content (AvgIpc) is 3.52. The molecule has 0 nitrogen and oxygen atoms in total. The molecule has 0 spiro atoms. The normalized spacial score (nSPS) is 11.9. The monoisotopic (exact) mass is 1190 g/mol. The first kappa shape index (κ1) is 71.0. The molecule has 0 bridgehead atoms. The smallest absolute Gasteiger partial charge is 0.0215 e. The number of fused-ring (bicyclic) bond motifs is 6. The minimum atomic E-state index is 1.19. The molecule has 0 radical (unpaired) electrons. The molecule has 4 aromatic carbocycles. The van der Waals surface area contributed by atoms with E-state index in [4.69, 9.17) is 0 Å². The van der Waals surface area contributed by atoms with E-state index in [2.05, 4.69) is 154 Å². The van der Waals surface area contributed by atoms with Crippen LogP contribution in [0.4, 0.5) is 0 Å². The highest BCUT2D eigenvalue weighted by atomic mass is 32.2. The summed E-state index contributed by atoms with van der Waals surface area (Å²) in [4.78, 5) is 9.26. The Bertz CT molecular complexity index is 2070. The Morgan fingerprint density at radius 2 is 0.380 bits per heavy atom. The SMILES string of the molecule is C=CCCCCCCCCCCCCCSc1cc2c3cc(SCCCCCCCC)c(SCCCCCCCC)cc3c3cc(SCCCCCCCC)c(SCCCCCCCC)cc3c2cc1SCCCCCCCC. The molecule has 0 atom stereocenters. The molecule has 0 aromatic heterocycles. The molecular weight excluding hydrogens is 1070 g/mol. The van der Waals surface area contributed by atoms with Gasteiger partial charge in [0, 0.05) is 29.4 Å². The van der Waals surface area contributed by atoms with Crippen LogP contribution in [0.5, 0.6) is 0 Å². The summed E-state index contributed by atoms with van der Waals surface area (Å²) >= 11 is 13.1. The van der Waals surface area contributed by atoms with Crippen molar-refractivity contribution in [2.24, 2.45) is 0 Å². The lowest BCUT2D eigenvalue weighted by atomic mass is 9.94. The summed E-state index contributed by atoms with van der Waals surface area (Å²) in [7, 11) is 0. The van der Waals surface area contributed by atoms with Gasteiger partial charge in [-0.05, 0) is 155 Å². The molecule has 0 heterocycles. The summed E-state index contributed by atoms with van der Waals surface area (Å²) < 4.78 is 0. The topological polar surface area (TPSA) is 0 Å². The fourth-order valence-electron chi connectivity index (χ4n) is 11.2. The van der Waals surface area contributed by atoms with Gasteiger partial charge in [-0.25, -0.2) is 0 Å². The highest BCUT2D eigenvalue weighted by Crippen LogP contribution is 2.48. The molecule has 0 aliphatic carbocycles. The van der Waals surface area contributed by atoms with Gasteiger partial charge in [-0.1, -0.05) is 259 Å². The molecular formula is C73H120S6. The van der Waals surface area contributed by atoms with Gasteiger partial charge in [-0.15, -0.1) is 77.2 Å². The summed E-state index contributed by atoms with van der Waals surface area (Å²) in [6.07, 6.45) is 59.4. The van der Waals surface area contributed by atoms with Crippen molar-refractivity contribution in [3.8, 4) is 0 Å². The largest absolute Gasteiger partial charge is 0.125 e. The lowest BCUT2D eigenvalue weighted by molar-refractivity contribution is 0.551. The minimum Gasteiger partial charge on any atom is -0.125 e. The zero-order valence-corrected chi connectivity index (χ0v) is 57.0. The maximum Gasteiger partial charge on any atom is 0.0215 e. The maximum atomic E-state index is 3.89. The zero-order valence-electron chi connectivity index (χ0n) is 52.1. The van der Waals surface area contributed by atoms with Gasteiger partial charge in [0.25, 0.3) is 0 Å².